The molecule has 1 nitrogen and oxygen atoms in total. The summed E-state index contributed by atoms with van der Waals surface area (Å²) >= 11 is 0. The van der Waals surface area contributed by atoms with Crippen LogP contribution in [0.1, 0.15) is 57.8 Å². The van der Waals surface area contributed by atoms with Crippen LogP contribution >= 0.6 is 0 Å². The van der Waals surface area contributed by atoms with E-state index in [0.29, 0.717) is 5.92 Å². The van der Waals surface area contributed by atoms with Crippen LogP contribution in [0.3, 0.4) is 0 Å². The molecular weight excluding hydrogens is 184 g/mol. The van der Waals surface area contributed by atoms with Crippen molar-refractivity contribution in [3.63, 3.8) is 0 Å². The summed E-state index contributed by atoms with van der Waals surface area (Å²) in [5.74, 6) is 4.67. The number of hydrogen-bond donors (Lipinski definition) is 0. The van der Waals surface area contributed by atoms with E-state index >= 15 is 0 Å². The summed E-state index contributed by atoms with van der Waals surface area (Å²) in [4.78, 5) is 0. The normalized spacial score (nSPS) is 23.5. The minimum Gasteiger partial charge on any atom is -0.446 e. The number of hydrogen-bond acceptors (Lipinski definition) is 1. The van der Waals surface area contributed by atoms with Crippen LogP contribution in [-0.4, -0.2) is 6.61 Å². The summed E-state index contributed by atoms with van der Waals surface area (Å²) in [6.45, 7) is 0.875. The average molecular weight is 206 g/mol. The lowest BCUT2D eigenvalue weighted by Gasteiger charge is -2.19. The molecule has 2 rings (SSSR count). The Bertz CT molecular complexity index is 223. The van der Waals surface area contributed by atoms with Crippen molar-refractivity contribution in [2.75, 3.05) is 6.61 Å². The topological polar surface area (TPSA) is 9.23 Å². The van der Waals surface area contributed by atoms with Crippen molar-refractivity contribution >= 4 is 0 Å². The van der Waals surface area contributed by atoms with Crippen molar-refractivity contribution < 1.29 is 4.74 Å². The monoisotopic (exact) mass is 206 g/mol. The molecule has 0 atom stereocenters. The Morgan fingerprint density at radius 3 is 2.27 bits per heavy atom. The number of ether oxygens (including phenoxy) is 1. The smallest absolute Gasteiger partial charge is 0.110 e. The molecule has 0 aliphatic heterocycles. The van der Waals surface area contributed by atoms with Crippen LogP contribution < -0.4 is 0 Å². The summed E-state index contributed by atoms with van der Waals surface area (Å²) in [5, 5.41) is 0. The van der Waals surface area contributed by atoms with Crippen LogP contribution in [0.5, 0.6) is 0 Å². The van der Waals surface area contributed by atoms with Crippen molar-refractivity contribution in [1.29, 1.82) is 0 Å². The van der Waals surface area contributed by atoms with Crippen LogP contribution in [-0.2, 0) is 4.74 Å². The predicted octanol–water partition coefficient (Wildman–Crippen LogP) is 3.73. The Morgan fingerprint density at radius 1 is 0.867 bits per heavy atom. The SMILES string of the molecule is C(#CC1CCCC1)OCC1CCCCC1. The molecule has 2 aliphatic carbocycles. The molecule has 0 heterocycles. The van der Waals surface area contributed by atoms with Crippen LogP contribution in [0.25, 0.3) is 0 Å². The van der Waals surface area contributed by atoms with Gasteiger partial charge in [-0.25, -0.2) is 0 Å². The molecule has 0 saturated heterocycles. The third-order valence-corrected chi connectivity index (χ3v) is 3.73. The van der Waals surface area contributed by atoms with E-state index in [1.807, 2.05) is 0 Å². The molecule has 15 heavy (non-hydrogen) atoms. The van der Waals surface area contributed by atoms with Crippen LogP contribution in [0, 0.1) is 23.9 Å². The predicted molar refractivity (Wildman–Crippen MR) is 62.3 cm³/mol. The molecule has 0 bridgehead atoms. The van der Waals surface area contributed by atoms with Gasteiger partial charge in [-0.3, -0.25) is 0 Å². The molecule has 2 aliphatic rings. The van der Waals surface area contributed by atoms with Crippen LogP contribution in [0.4, 0.5) is 0 Å². The van der Waals surface area contributed by atoms with E-state index in [1.165, 1.54) is 57.8 Å². The van der Waals surface area contributed by atoms with Crippen molar-refractivity contribution in [2.24, 2.45) is 11.8 Å². The summed E-state index contributed by atoms with van der Waals surface area (Å²) in [6, 6.07) is 0. The van der Waals surface area contributed by atoms with Gasteiger partial charge in [0.05, 0.1) is 0 Å². The molecule has 0 aromatic carbocycles. The molecule has 0 aromatic heterocycles. The molecular formula is C14H22O. The lowest BCUT2D eigenvalue weighted by atomic mass is 9.90. The minimum absolute atomic E-state index is 0.636. The van der Waals surface area contributed by atoms with Crippen molar-refractivity contribution in [3.05, 3.63) is 0 Å². The highest BCUT2D eigenvalue weighted by Gasteiger charge is 2.14. The second-order valence-electron chi connectivity index (χ2n) is 5.04. The Balaban J connectivity index is 1.60. The highest BCUT2D eigenvalue weighted by Crippen LogP contribution is 2.24. The number of rotatable bonds is 2. The molecule has 1 heteroatoms. The maximum absolute atomic E-state index is 5.47. The molecule has 0 spiro atoms. The van der Waals surface area contributed by atoms with Gasteiger partial charge in [-0.1, -0.05) is 38.0 Å². The van der Waals surface area contributed by atoms with Crippen LogP contribution in [0.2, 0.25) is 0 Å². The Labute approximate surface area is 93.6 Å². The fourth-order valence-electron chi connectivity index (χ4n) is 2.71. The summed E-state index contributed by atoms with van der Waals surface area (Å²) in [6.07, 6.45) is 15.1. The second kappa shape index (κ2) is 6.05. The van der Waals surface area contributed by atoms with E-state index in [1.54, 1.807) is 0 Å². The summed E-state index contributed by atoms with van der Waals surface area (Å²) in [7, 11) is 0. The largest absolute Gasteiger partial charge is 0.446 e. The molecule has 0 amide bonds. The van der Waals surface area contributed by atoms with Gasteiger partial charge in [0.25, 0.3) is 0 Å². The van der Waals surface area contributed by atoms with Gasteiger partial charge >= 0.3 is 0 Å². The first kappa shape index (κ1) is 10.9. The van der Waals surface area contributed by atoms with Gasteiger partial charge in [0, 0.05) is 5.92 Å². The van der Waals surface area contributed by atoms with Crippen molar-refractivity contribution in [3.8, 4) is 12.0 Å². The standard InChI is InChI=1S/C14H22O/c1-2-8-14(9-3-1)12-15-11-10-13-6-4-5-7-13/h13-14H,1-9,12H2. The summed E-state index contributed by atoms with van der Waals surface area (Å²) < 4.78 is 5.47. The molecule has 0 aromatic rings. The second-order valence-corrected chi connectivity index (χ2v) is 5.04. The average Bonchev–Trinajstić information content (AvgIpc) is 2.79. The van der Waals surface area contributed by atoms with Crippen molar-refractivity contribution in [1.82, 2.24) is 0 Å². The van der Waals surface area contributed by atoms with Gasteiger partial charge in [-0.2, -0.15) is 0 Å². The van der Waals surface area contributed by atoms with E-state index in [4.69, 9.17) is 4.74 Å². The fraction of sp³-hybridized carbons (Fsp3) is 0.857. The van der Waals surface area contributed by atoms with E-state index in [0.717, 1.165) is 12.5 Å². The van der Waals surface area contributed by atoms with E-state index < -0.39 is 0 Å². The Morgan fingerprint density at radius 2 is 1.53 bits per heavy atom. The Hall–Kier alpha value is -0.640. The molecule has 2 saturated carbocycles. The zero-order chi connectivity index (χ0) is 10.3. The first-order valence-electron chi connectivity index (χ1n) is 6.57. The van der Waals surface area contributed by atoms with E-state index in [9.17, 15) is 0 Å². The summed E-state index contributed by atoms with van der Waals surface area (Å²) in [5.41, 5.74) is 0. The van der Waals surface area contributed by atoms with Crippen molar-refractivity contribution in [2.45, 2.75) is 57.8 Å². The lowest BCUT2D eigenvalue weighted by Crippen LogP contribution is -2.11. The fourth-order valence-corrected chi connectivity index (χ4v) is 2.71. The highest BCUT2D eigenvalue weighted by atomic mass is 16.5. The minimum atomic E-state index is 0.636. The van der Waals surface area contributed by atoms with Gasteiger partial charge in [0.15, 0.2) is 0 Å². The van der Waals surface area contributed by atoms with E-state index in [2.05, 4.69) is 12.0 Å². The van der Waals surface area contributed by atoms with Gasteiger partial charge < -0.3 is 4.74 Å². The molecule has 0 unspecified atom stereocenters. The first-order valence-corrected chi connectivity index (χ1v) is 6.57. The lowest BCUT2D eigenvalue weighted by molar-refractivity contribution is 0.182. The van der Waals surface area contributed by atoms with E-state index in [-0.39, 0.29) is 0 Å². The zero-order valence-corrected chi connectivity index (χ0v) is 9.63. The molecule has 2 fully saturated rings. The third kappa shape index (κ3) is 3.78. The molecule has 84 valence electrons. The maximum Gasteiger partial charge on any atom is 0.110 e. The Kier molecular flexibility index (Phi) is 4.39. The van der Waals surface area contributed by atoms with Crippen LogP contribution in [0.15, 0.2) is 0 Å². The molecule has 0 N–H and O–H groups in total. The van der Waals surface area contributed by atoms with Gasteiger partial charge in [0.2, 0.25) is 0 Å². The first-order chi connectivity index (χ1) is 7.45. The zero-order valence-electron chi connectivity index (χ0n) is 9.63. The van der Waals surface area contributed by atoms with Gasteiger partial charge in [-0.05, 0) is 31.6 Å². The highest BCUT2D eigenvalue weighted by molar-refractivity contribution is 5.00. The molecule has 0 radical (unpaired) electrons. The van der Waals surface area contributed by atoms with Gasteiger partial charge in [-0.15, -0.1) is 0 Å². The quantitative estimate of drug-likeness (QED) is 0.625. The van der Waals surface area contributed by atoms with Gasteiger partial charge in [0.1, 0.15) is 12.7 Å². The third-order valence-electron chi connectivity index (χ3n) is 3.73. The maximum atomic E-state index is 5.47.